The Bertz CT molecular complexity index is 1190. The molecule has 2 aliphatic rings. The maximum Gasteiger partial charge on any atom is 0.349 e. The number of halogens is 1. The number of unbranched alkanes of at least 4 members (excludes halogenated alkanes) is 1. The average molecular weight is 380 g/mol. The Labute approximate surface area is 161 Å². The summed E-state index contributed by atoms with van der Waals surface area (Å²) in [4.78, 5) is 34.5. The molecule has 1 aromatic rings. The molecule has 28 heavy (non-hydrogen) atoms. The fourth-order valence-electron chi connectivity index (χ4n) is 3.01. The fourth-order valence-corrected chi connectivity index (χ4v) is 3.01. The van der Waals surface area contributed by atoms with Crippen LogP contribution in [0.1, 0.15) is 24.0 Å². The lowest BCUT2D eigenvalue weighted by atomic mass is 10.1. The molecule has 7 heteroatoms. The van der Waals surface area contributed by atoms with E-state index in [2.05, 4.69) is 21.5 Å². The van der Waals surface area contributed by atoms with Gasteiger partial charge in [-0.3, -0.25) is 9.78 Å². The highest BCUT2D eigenvalue weighted by Crippen LogP contribution is 2.24. The zero-order valence-electron chi connectivity index (χ0n) is 15.8. The third kappa shape index (κ3) is 3.98. The number of hydrogen-bond donors (Lipinski definition) is 1. The average Bonchev–Trinajstić information content (AvgIpc) is 2.63. The second-order valence-electron chi connectivity index (χ2n) is 6.56. The largest absolute Gasteiger partial charge is 0.349 e. The molecule has 144 valence electrons. The number of fused-ring (bicyclic) bond motifs is 2. The van der Waals surface area contributed by atoms with E-state index in [1.165, 1.54) is 18.2 Å². The number of nitrogens with one attached hydrogen (secondary N) is 1. The van der Waals surface area contributed by atoms with Crippen LogP contribution in [0, 0.1) is 13.8 Å². The SMILES string of the molecule is C=CC=C(F)C=CCCCn1c2nc(=O)[nH]c(=O)c-2nc2cc(C)c(C)cc21. The number of hydrogen-bond acceptors (Lipinski definition) is 4. The minimum Gasteiger partial charge on any atom is -0.322 e. The number of rotatable bonds is 6. The third-order valence-corrected chi connectivity index (χ3v) is 4.53. The number of aromatic amines is 1. The van der Waals surface area contributed by atoms with E-state index in [-0.39, 0.29) is 17.3 Å². The maximum atomic E-state index is 13.3. The van der Waals surface area contributed by atoms with E-state index < -0.39 is 11.2 Å². The molecule has 6 nitrogen and oxygen atoms in total. The molecular weight excluding hydrogens is 359 g/mol. The van der Waals surface area contributed by atoms with Crippen LogP contribution in [-0.2, 0) is 6.54 Å². The smallest absolute Gasteiger partial charge is 0.322 e. The predicted octanol–water partition coefficient (Wildman–Crippen LogP) is 3.58. The number of allylic oxidation sites excluding steroid dienone is 5. The Morgan fingerprint density at radius 3 is 2.75 bits per heavy atom. The normalized spacial score (nSPS) is 12.3. The van der Waals surface area contributed by atoms with E-state index in [1.54, 1.807) is 6.08 Å². The van der Waals surface area contributed by atoms with Gasteiger partial charge in [0, 0.05) is 6.54 Å². The van der Waals surface area contributed by atoms with Gasteiger partial charge in [0.25, 0.3) is 5.56 Å². The zero-order chi connectivity index (χ0) is 20.3. The quantitative estimate of drug-likeness (QED) is 0.403. The Morgan fingerprint density at radius 1 is 1.25 bits per heavy atom. The monoisotopic (exact) mass is 380 g/mol. The van der Waals surface area contributed by atoms with Crippen LogP contribution in [0.2, 0.25) is 0 Å². The molecule has 1 N–H and O–H groups in total. The molecule has 0 spiro atoms. The first-order valence-corrected chi connectivity index (χ1v) is 8.97. The Kier molecular flexibility index (Phi) is 5.63. The Hall–Kier alpha value is -3.35. The van der Waals surface area contributed by atoms with Crippen molar-refractivity contribution in [3.05, 3.63) is 80.8 Å². The van der Waals surface area contributed by atoms with Crippen LogP contribution in [0.3, 0.4) is 0 Å². The lowest BCUT2D eigenvalue weighted by molar-refractivity contribution is 0.649. The van der Waals surface area contributed by atoms with Crippen LogP contribution in [0.25, 0.3) is 22.6 Å². The van der Waals surface area contributed by atoms with Gasteiger partial charge in [-0.05, 0) is 62.1 Å². The van der Waals surface area contributed by atoms with Crippen molar-refractivity contribution in [3.8, 4) is 11.5 Å². The van der Waals surface area contributed by atoms with Crippen molar-refractivity contribution in [2.24, 2.45) is 0 Å². The predicted molar refractivity (Wildman–Crippen MR) is 108 cm³/mol. The third-order valence-electron chi connectivity index (χ3n) is 4.53. The molecule has 0 atom stereocenters. The van der Waals surface area contributed by atoms with Gasteiger partial charge in [0.15, 0.2) is 11.5 Å². The van der Waals surface area contributed by atoms with Crippen LogP contribution in [0.4, 0.5) is 4.39 Å². The van der Waals surface area contributed by atoms with E-state index >= 15 is 0 Å². The van der Waals surface area contributed by atoms with Gasteiger partial charge in [-0.25, -0.2) is 14.2 Å². The summed E-state index contributed by atoms with van der Waals surface area (Å²) in [5.74, 6) is -0.107. The molecule has 0 unspecified atom stereocenters. The van der Waals surface area contributed by atoms with E-state index in [1.807, 2.05) is 30.5 Å². The summed E-state index contributed by atoms with van der Waals surface area (Å²) in [6.07, 6.45) is 7.09. The molecular formula is C21H21FN4O2. The van der Waals surface area contributed by atoms with Crippen molar-refractivity contribution in [1.29, 1.82) is 0 Å². The summed E-state index contributed by atoms with van der Waals surface area (Å²) >= 11 is 0. The van der Waals surface area contributed by atoms with Crippen LogP contribution in [-0.4, -0.2) is 19.5 Å². The van der Waals surface area contributed by atoms with Crippen molar-refractivity contribution in [2.45, 2.75) is 33.2 Å². The Morgan fingerprint density at radius 2 is 2.00 bits per heavy atom. The summed E-state index contributed by atoms with van der Waals surface area (Å²) in [7, 11) is 0. The summed E-state index contributed by atoms with van der Waals surface area (Å²) in [6, 6.07) is 3.90. The van der Waals surface area contributed by atoms with Crippen molar-refractivity contribution >= 4 is 11.0 Å². The standard InChI is InChI=1S/C21H21FN4O2/c1-4-8-15(22)9-6-5-7-10-26-17-12-14(3)13(2)11-16(17)23-18-19(26)24-21(28)25-20(18)27/h4,6,8-9,11-12H,1,5,7,10H2,2-3H3,(H,25,27,28). The first kappa shape index (κ1) is 19.4. The van der Waals surface area contributed by atoms with Crippen molar-refractivity contribution in [3.63, 3.8) is 0 Å². The highest BCUT2D eigenvalue weighted by atomic mass is 19.1. The summed E-state index contributed by atoms with van der Waals surface area (Å²) in [5.41, 5.74) is 2.47. The van der Waals surface area contributed by atoms with Crippen LogP contribution in [0.5, 0.6) is 0 Å². The van der Waals surface area contributed by atoms with Crippen LogP contribution < -0.4 is 11.2 Å². The van der Waals surface area contributed by atoms with Gasteiger partial charge in [0.1, 0.15) is 5.83 Å². The molecule has 0 aliphatic carbocycles. The highest BCUT2D eigenvalue weighted by molar-refractivity contribution is 5.81. The van der Waals surface area contributed by atoms with Crippen LogP contribution in [0.15, 0.2) is 58.4 Å². The number of nitrogens with zero attached hydrogens (tertiary/aromatic N) is 3. The lowest BCUT2D eigenvalue weighted by Gasteiger charge is -2.17. The topological polar surface area (TPSA) is 80.6 Å². The summed E-state index contributed by atoms with van der Waals surface area (Å²) < 4.78 is 15.2. The molecule has 2 aliphatic heterocycles. The Balaban J connectivity index is 2.04. The number of H-pyrrole nitrogens is 1. The van der Waals surface area contributed by atoms with Gasteiger partial charge in [-0.1, -0.05) is 18.7 Å². The van der Waals surface area contributed by atoms with Gasteiger partial charge >= 0.3 is 5.69 Å². The second kappa shape index (κ2) is 8.12. The molecule has 0 amide bonds. The van der Waals surface area contributed by atoms with E-state index in [0.29, 0.717) is 24.9 Å². The van der Waals surface area contributed by atoms with Gasteiger partial charge in [0.2, 0.25) is 0 Å². The van der Waals surface area contributed by atoms with E-state index in [4.69, 9.17) is 0 Å². The number of aromatic nitrogens is 4. The second-order valence-corrected chi connectivity index (χ2v) is 6.56. The van der Waals surface area contributed by atoms with E-state index in [0.717, 1.165) is 16.6 Å². The molecule has 0 fully saturated rings. The van der Waals surface area contributed by atoms with E-state index in [9.17, 15) is 14.0 Å². The molecule has 0 saturated heterocycles. The lowest BCUT2D eigenvalue weighted by Crippen LogP contribution is -2.29. The molecule has 2 heterocycles. The zero-order valence-corrected chi connectivity index (χ0v) is 15.8. The minimum absolute atomic E-state index is 0.130. The molecule has 1 aromatic carbocycles. The minimum atomic E-state index is -0.701. The van der Waals surface area contributed by atoms with Gasteiger partial charge < -0.3 is 4.57 Å². The molecule has 0 bridgehead atoms. The fraction of sp³-hybridized carbons (Fsp3) is 0.238. The molecule has 0 aromatic heterocycles. The number of benzene rings is 1. The summed E-state index contributed by atoms with van der Waals surface area (Å²) in [5, 5.41) is 0. The molecule has 3 rings (SSSR count). The highest BCUT2D eigenvalue weighted by Gasteiger charge is 2.18. The first-order valence-electron chi connectivity index (χ1n) is 8.97. The van der Waals surface area contributed by atoms with Gasteiger partial charge in [-0.2, -0.15) is 4.98 Å². The summed E-state index contributed by atoms with van der Waals surface area (Å²) in [6.45, 7) is 7.92. The number of aryl methyl sites for hydroxylation is 3. The molecule has 0 radical (unpaired) electrons. The van der Waals surface area contributed by atoms with Crippen molar-refractivity contribution in [2.75, 3.05) is 0 Å². The van der Waals surface area contributed by atoms with Crippen molar-refractivity contribution < 1.29 is 4.39 Å². The van der Waals surface area contributed by atoms with Gasteiger partial charge in [0.05, 0.1) is 11.0 Å². The van der Waals surface area contributed by atoms with Crippen LogP contribution >= 0.6 is 0 Å². The van der Waals surface area contributed by atoms with Crippen molar-refractivity contribution in [1.82, 2.24) is 19.5 Å². The first-order chi connectivity index (χ1) is 13.4. The maximum absolute atomic E-state index is 13.3. The van der Waals surface area contributed by atoms with Gasteiger partial charge in [-0.15, -0.1) is 0 Å². The molecule has 0 saturated carbocycles.